The van der Waals surface area contributed by atoms with Gasteiger partial charge < -0.3 is 14.8 Å². The Labute approximate surface area is 181 Å². The van der Waals surface area contributed by atoms with Crippen molar-refractivity contribution in [2.75, 3.05) is 6.79 Å². The predicted octanol–water partition coefficient (Wildman–Crippen LogP) is 5.13. The second-order valence-electron chi connectivity index (χ2n) is 6.84. The summed E-state index contributed by atoms with van der Waals surface area (Å²) in [5.74, 6) is 1.56. The molecule has 0 spiro atoms. The quantitative estimate of drug-likeness (QED) is 0.457. The smallest absolute Gasteiger partial charge is 0.231 e. The van der Waals surface area contributed by atoms with Gasteiger partial charge in [-0.15, -0.1) is 22.7 Å². The van der Waals surface area contributed by atoms with Crippen molar-refractivity contribution in [1.82, 2.24) is 10.3 Å². The maximum Gasteiger partial charge on any atom is 0.231 e. The summed E-state index contributed by atoms with van der Waals surface area (Å²) < 4.78 is 10.8. The van der Waals surface area contributed by atoms with Crippen LogP contribution in [0.5, 0.6) is 11.5 Å². The minimum absolute atomic E-state index is 0.0369. The summed E-state index contributed by atoms with van der Waals surface area (Å²) in [7, 11) is 0. The first-order chi connectivity index (χ1) is 14.7. The van der Waals surface area contributed by atoms with E-state index >= 15 is 0 Å². The number of nitrogens with zero attached hydrogens (tertiary/aromatic N) is 1. The molecule has 0 unspecified atom stereocenters. The molecule has 0 fully saturated rings. The molecule has 2 aromatic carbocycles. The first-order valence-corrected chi connectivity index (χ1v) is 11.2. The minimum atomic E-state index is 0.0369. The van der Waals surface area contributed by atoms with E-state index in [1.54, 1.807) is 22.7 Å². The number of carbonyl (C=O) groups excluding carboxylic acids is 1. The van der Waals surface area contributed by atoms with Crippen molar-refractivity contribution >= 4 is 28.6 Å². The zero-order chi connectivity index (χ0) is 20.3. The molecule has 2 aromatic heterocycles. The van der Waals surface area contributed by atoms with Crippen LogP contribution in [0.1, 0.15) is 10.4 Å². The molecule has 0 bridgehead atoms. The van der Waals surface area contributed by atoms with Crippen LogP contribution in [-0.4, -0.2) is 17.7 Å². The van der Waals surface area contributed by atoms with Crippen LogP contribution in [0, 0.1) is 0 Å². The molecule has 7 heteroatoms. The number of amides is 1. The highest BCUT2D eigenvalue weighted by molar-refractivity contribution is 7.13. The second-order valence-corrected chi connectivity index (χ2v) is 8.73. The lowest BCUT2D eigenvalue weighted by molar-refractivity contribution is -0.120. The van der Waals surface area contributed by atoms with Crippen LogP contribution in [-0.2, 0) is 17.8 Å². The van der Waals surface area contributed by atoms with Gasteiger partial charge in [-0.05, 0) is 35.2 Å². The Balaban J connectivity index is 1.23. The number of ether oxygens (including phenoxy) is 2. The molecular weight excluding hydrogens is 416 g/mol. The Kier molecular flexibility index (Phi) is 5.21. The molecule has 3 heterocycles. The van der Waals surface area contributed by atoms with Gasteiger partial charge in [0.15, 0.2) is 11.5 Å². The number of thiazole rings is 1. The maximum absolute atomic E-state index is 12.1. The number of nitrogens with one attached hydrogen (secondary N) is 1. The van der Waals surface area contributed by atoms with Gasteiger partial charge in [0, 0.05) is 27.9 Å². The molecule has 5 rings (SSSR count). The van der Waals surface area contributed by atoms with Crippen LogP contribution in [0.3, 0.4) is 0 Å². The van der Waals surface area contributed by atoms with E-state index in [-0.39, 0.29) is 12.7 Å². The molecule has 1 aliphatic rings. The van der Waals surface area contributed by atoms with Crippen molar-refractivity contribution in [3.05, 3.63) is 75.8 Å². The maximum atomic E-state index is 12.1. The summed E-state index contributed by atoms with van der Waals surface area (Å²) in [6.07, 6.45) is 0.428. The second kappa shape index (κ2) is 8.30. The number of rotatable bonds is 6. The largest absolute Gasteiger partial charge is 0.454 e. The lowest BCUT2D eigenvalue weighted by Gasteiger charge is -2.05. The Bertz CT molecular complexity index is 1170. The third-order valence-electron chi connectivity index (χ3n) is 4.78. The van der Waals surface area contributed by atoms with Gasteiger partial charge in [0.1, 0.15) is 5.01 Å². The van der Waals surface area contributed by atoms with Crippen LogP contribution < -0.4 is 14.8 Å². The van der Waals surface area contributed by atoms with Gasteiger partial charge in [-0.3, -0.25) is 4.79 Å². The number of thiophene rings is 1. The SMILES string of the molecule is O=C(Cc1cccs1)NCc1ccc(-c2nc(-c3ccc4c(c3)OCO4)cs2)cc1. The first-order valence-electron chi connectivity index (χ1n) is 9.48. The lowest BCUT2D eigenvalue weighted by atomic mass is 10.1. The van der Waals surface area contributed by atoms with Gasteiger partial charge in [-0.1, -0.05) is 30.3 Å². The average Bonchev–Trinajstić information content (AvgIpc) is 3.53. The number of hydrogen-bond donors (Lipinski definition) is 1. The molecule has 4 aromatic rings. The van der Waals surface area contributed by atoms with Crippen LogP contribution in [0.25, 0.3) is 21.8 Å². The molecule has 1 amide bonds. The summed E-state index contributed by atoms with van der Waals surface area (Å²) >= 11 is 3.20. The summed E-state index contributed by atoms with van der Waals surface area (Å²) in [5.41, 5.74) is 4.04. The molecule has 30 heavy (non-hydrogen) atoms. The van der Waals surface area contributed by atoms with Crippen molar-refractivity contribution in [1.29, 1.82) is 0 Å². The van der Waals surface area contributed by atoms with Crippen LogP contribution in [0.4, 0.5) is 0 Å². The fraction of sp³-hybridized carbons (Fsp3) is 0.130. The third-order valence-corrected chi connectivity index (χ3v) is 6.55. The number of carbonyl (C=O) groups is 1. The number of fused-ring (bicyclic) bond motifs is 1. The highest BCUT2D eigenvalue weighted by Gasteiger charge is 2.15. The Hall–Kier alpha value is -3.16. The van der Waals surface area contributed by atoms with Gasteiger partial charge in [-0.25, -0.2) is 4.98 Å². The highest BCUT2D eigenvalue weighted by atomic mass is 32.1. The van der Waals surface area contributed by atoms with Crippen molar-refractivity contribution in [3.63, 3.8) is 0 Å². The molecule has 0 radical (unpaired) electrons. The molecule has 1 N–H and O–H groups in total. The summed E-state index contributed by atoms with van der Waals surface area (Å²) in [4.78, 5) is 17.9. The monoisotopic (exact) mass is 434 g/mol. The zero-order valence-corrected chi connectivity index (χ0v) is 17.6. The van der Waals surface area contributed by atoms with Gasteiger partial charge in [0.05, 0.1) is 12.1 Å². The molecule has 0 aliphatic carbocycles. The fourth-order valence-corrected chi connectivity index (χ4v) is 4.73. The molecule has 150 valence electrons. The molecule has 0 saturated carbocycles. The zero-order valence-electron chi connectivity index (χ0n) is 16.0. The molecule has 0 saturated heterocycles. The molecule has 1 aliphatic heterocycles. The highest BCUT2D eigenvalue weighted by Crippen LogP contribution is 2.37. The Morgan fingerprint density at radius 1 is 1.00 bits per heavy atom. The van der Waals surface area contributed by atoms with Crippen molar-refractivity contribution < 1.29 is 14.3 Å². The van der Waals surface area contributed by atoms with Gasteiger partial charge in [-0.2, -0.15) is 0 Å². The van der Waals surface area contributed by atoms with E-state index in [1.807, 2.05) is 65.4 Å². The number of hydrogen-bond acceptors (Lipinski definition) is 6. The van der Waals surface area contributed by atoms with E-state index in [4.69, 9.17) is 14.5 Å². The van der Waals surface area contributed by atoms with Gasteiger partial charge >= 0.3 is 0 Å². The molecular formula is C23H18N2O3S2. The summed E-state index contributed by atoms with van der Waals surface area (Å²) in [6.45, 7) is 0.784. The Morgan fingerprint density at radius 2 is 1.83 bits per heavy atom. The first kappa shape index (κ1) is 18.8. The summed E-state index contributed by atoms with van der Waals surface area (Å²) in [5, 5.41) is 7.96. The van der Waals surface area contributed by atoms with Gasteiger partial charge in [0.2, 0.25) is 12.7 Å². The molecule has 5 nitrogen and oxygen atoms in total. The number of aromatic nitrogens is 1. The Morgan fingerprint density at radius 3 is 2.67 bits per heavy atom. The van der Waals surface area contributed by atoms with Crippen molar-refractivity contribution in [2.45, 2.75) is 13.0 Å². The topological polar surface area (TPSA) is 60.5 Å². The van der Waals surface area contributed by atoms with E-state index in [1.165, 1.54) is 0 Å². The van der Waals surface area contributed by atoms with Crippen molar-refractivity contribution in [3.8, 4) is 33.3 Å². The van der Waals surface area contributed by atoms with Crippen molar-refractivity contribution in [2.24, 2.45) is 0 Å². The number of benzene rings is 2. The minimum Gasteiger partial charge on any atom is -0.454 e. The fourth-order valence-electron chi connectivity index (χ4n) is 3.19. The van der Waals surface area contributed by atoms with Crippen LogP contribution >= 0.6 is 22.7 Å². The normalized spacial score (nSPS) is 12.1. The molecule has 0 atom stereocenters. The lowest BCUT2D eigenvalue weighted by Crippen LogP contribution is -2.24. The van der Waals surface area contributed by atoms with Gasteiger partial charge in [0.25, 0.3) is 0 Å². The third kappa shape index (κ3) is 4.08. The summed E-state index contributed by atoms with van der Waals surface area (Å²) in [6, 6.07) is 18.0. The van der Waals surface area contributed by atoms with Crippen LogP contribution in [0.2, 0.25) is 0 Å². The van der Waals surface area contributed by atoms with E-state index in [0.717, 1.165) is 43.8 Å². The standard InChI is InChI=1S/C23H18N2O3S2/c26-22(11-18-2-1-9-29-18)24-12-15-3-5-16(6-4-15)23-25-19(13-30-23)17-7-8-20-21(10-17)28-14-27-20/h1-10,13H,11-12,14H2,(H,24,26). The van der Waals surface area contributed by atoms with E-state index < -0.39 is 0 Å². The van der Waals surface area contributed by atoms with Crippen LogP contribution in [0.15, 0.2) is 65.4 Å². The van der Waals surface area contributed by atoms with E-state index in [2.05, 4.69) is 5.32 Å². The van der Waals surface area contributed by atoms with E-state index in [0.29, 0.717) is 13.0 Å². The predicted molar refractivity (Wildman–Crippen MR) is 119 cm³/mol. The average molecular weight is 435 g/mol. The van der Waals surface area contributed by atoms with E-state index in [9.17, 15) is 4.79 Å².